The molecule has 5 unspecified atom stereocenters. The fourth-order valence-corrected chi connectivity index (χ4v) is 6.54. The number of carbonyl (C=O) groups is 2. The number of urea groups is 1. The van der Waals surface area contributed by atoms with Crippen molar-refractivity contribution in [3.63, 3.8) is 0 Å². The Bertz CT molecular complexity index is 932. The molecule has 1 aromatic heterocycles. The lowest BCUT2D eigenvalue weighted by atomic mass is 10.0. The van der Waals surface area contributed by atoms with Crippen LogP contribution < -0.4 is 16.1 Å². The van der Waals surface area contributed by atoms with Gasteiger partial charge in [0.2, 0.25) is 17.7 Å². The fourth-order valence-electron chi connectivity index (χ4n) is 5.00. The van der Waals surface area contributed by atoms with E-state index in [1.165, 1.54) is 4.57 Å². The van der Waals surface area contributed by atoms with Crippen LogP contribution in [0, 0.1) is 0 Å². The Morgan fingerprint density at radius 3 is 2.68 bits per heavy atom. The Morgan fingerprint density at radius 2 is 1.91 bits per heavy atom. The maximum absolute atomic E-state index is 11.9. The first kappa shape index (κ1) is 23.3. The first-order valence-corrected chi connectivity index (χ1v) is 12.7. The number of thioether (sulfide) groups is 1. The number of fused-ring (bicyclic) bond motifs is 6. The molecule has 186 valence electrons. The summed E-state index contributed by atoms with van der Waals surface area (Å²) in [5, 5.41) is 27.1. The third-order valence-corrected chi connectivity index (χ3v) is 8.17. The minimum Gasteiger partial charge on any atom is -0.494 e. The molecule has 2 fully saturated rings. The fraction of sp³-hybridized carbons (Fsp3) is 0.636. The molecule has 4 aliphatic heterocycles. The summed E-state index contributed by atoms with van der Waals surface area (Å²) in [5.74, 6) is 0.781. The molecule has 5 heterocycles. The van der Waals surface area contributed by atoms with E-state index in [-0.39, 0.29) is 74.4 Å². The summed E-state index contributed by atoms with van der Waals surface area (Å²) in [4.78, 5) is 28.5. The van der Waals surface area contributed by atoms with E-state index in [0.29, 0.717) is 22.8 Å². The van der Waals surface area contributed by atoms with E-state index in [1.54, 1.807) is 0 Å². The van der Waals surface area contributed by atoms with Crippen molar-refractivity contribution in [1.29, 1.82) is 0 Å². The molecule has 0 saturated carbocycles. The Labute approximate surface area is 201 Å². The van der Waals surface area contributed by atoms with Gasteiger partial charge in [-0.15, -0.1) is 0 Å². The molecular formula is C22H30N4O7S. The van der Waals surface area contributed by atoms with Crippen LogP contribution in [-0.2, 0) is 25.7 Å². The Morgan fingerprint density at radius 1 is 1.15 bits per heavy atom. The van der Waals surface area contributed by atoms with Gasteiger partial charge in [-0.25, -0.2) is 10.3 Å². The molecule has 4 aliphatic rings. The highest BCUT2D eigenvalue weighted by Crippen LogP contribution is 2.54. The van der Waals surface area contributed by atoms with Crippen LogP contribution >= 0.6 is 11.8 Å². The van der Waals surface area contributed by atoms with Gasteiger partial charge in [-0.1, -0.05) is 18.6 Å². The van der Waals surface area contributed by atoms with Crippen molar-refractivity contribution in [2.75, 3.05) is 25.6 Å². The molecule has 5 atom stereocenters. The van der Waals surface area contributed by atoms with Gasteiger partial charge in [-0.3, -0.25) is 14.2 Å². The normalized spacial score (nSPS) is 28.1. The van der Waals surface area contributed by atoms with Gasteiger partial charge in [-0.2, -0.15) is 11.8 Å². The topological polar surface area (TPSA) is 143 Å². The Hall–Kier alpha value is -2.41. The number of carbonyl (C=O) groups excluding carboxylic acids is 2. The van der Waals surface area contributed by atoms with Gasteiger partial charge < -0.3 is 30.3 Å². The third kappa shape index (κ3) is 4.59. The second kappa shape index (κ2) is 10.1. The van der Waals surface area contributed by atoms with Gasteiger partial charge in [0, 0.05) is 17.4 Å². The molecule has 0 spiro atoms. The van der Waals surface area contributed by atoms with Crippen LogP contribution in [0.4, 0.5) is 4.79 Å². The highest BCUT2D eigenvalue weighted by molar-refractivity contribution is 8.00. The van der Waals surface area contributed by atoms with E-state index >= 15 is 0 Å². The van der Waals surface area contributed by atoms with E-state index in [2.05, 4.69) is 16.1 Å². The third-order valence-electron chi connectivity index (χ3n) is 6.66. The van der Waals surface area contributed by atoms with Crippen LogP contribution in [0.15, 0.2) is 12.2 Å². The molecule has 3 amide bonds. The molecule has 12 heteroatoms. The second-order valence-electron chi connectivity index (χ2n) is 8.84. The lowest BCUT2D eigenvalue weighted by Gasteiger charge is -2.16. The Kier molecular flexibility index (Phi) is 6.91. The van der Waals surface area contributed by atoms with Crippen molar-refractivity contribution in [3.05, 3.63) is 23.3 Å². The molecular weight excluding hydrogens is 464 g/mol. The lowest BCUT2D eigenvalue weighted by Crippen LogP contribution is -2.36. The average molecular weight is 495 g/mol. The highest BCUT2D eigenvalue weighted by Gasteiger charge is 2.43. The molecule has 11 nitrogen and oxygen atoms in total. The van der Waals surface area contributed by atoms with E-state index in [0.717, 1.165) is 25.0 Å². The number of hydrogen-bond donors (Lipinski definition) is 5. The van der Waals surface area contributed by atoms with E-state index in [4.69, 9.17) is 14.3 Å². The molecule has 0 radical (unpaired) electrons. The second-order valence-corrected chi connectivity index (χ2v) is 10.1. The van der Waals surface area contributed by atoms with Gasteiger partial charge in [0.15, 0.2) is 0 Å². The molecule has 1 aromatic rings. The van der Waals surface area contributed by atoms with Crippen LogP contribution in [0.25, 0.3) is 0 Å². The van der Waals surface area contributed by atoms with E-state index in [1.807, 2.05) is 23.9 Å². The zero-order chi connectivity index (χ0) is 23.7. The van der Waals surface area contributed by atoms with Gasteiger partial charge >= 0.3 is 6.03 Å². The predicted octanol–water partition coefficient (Wildman–Crippen LogP) is 1.37. The SMILES string of the molecule is O=C(CCCCC1SCC2NC(=O)NC21)NOCCOCCn1c(O)c2c(c1O)C1C=CC2O1. The van der Waals surface area contributed by atoms with Gasteiger partial charge in [0.1, 0.15) is 12.2 Å². The summed E-state index contributed by atoms with van der Waals surface area (Å²) in [6.45, 7) is 1.02. The van der Waals surface area contributed by atoms with Crippen LogP contribution in [0.3, 0.4) is 0 Å². The molecule has 2 saturated heterocycles. The summed E-state index contributed by atoms with van der Waals surface area (Å²) in [6.07, 6.45) is 6.17. The van der Waals surface area contributed by atoms with Gasteiger partial charge in [0.25, 0.3) is 0 Å². The summed E-state index contributed by atoms with van der Waals surface area (Å²) in [6, 6.07) is 0.343. The summed E-state index contributed by atoms with van der Waals surface area (Å²) >= 11 is 1.87. The minimum absolute atomic E-state index is 0.00691. The predicted molar refractivity (Wildman–Crippen MR) is 122 cm³/mol. The van der Waals surface area contributed by atoms with Crippen LogP contribution in [0.5, 0.6) is 11.8 Å². The zero-order valence-corrected chi connectivity index (χ0v) is 19.5. The molecule has 5 rings (SSSR count). The van der Waals surface area contributed by atoms with Crippen molar-refractivity contribution in [1.82, 2.24) is 20.7 Å². The Balaban J connectivity index is 0.902. The number of aromatic nitrogens is 1. The first-order valence-electron chi connectivity index (χ1n) is 11.7. The van der Waals surface area contributed by atoms with Crippen LogP contribution in [0.1, 0.15) is 49.0 Å². The number of rotatable bonds is 12. The number of hydroxylamine groups is 1. The van der Waals surface area contributed by atoms with E-state index in [9.17, 15) is 19.8 Å². The number of amides is 3. The number of unbranched alkanes of at least 4 members (excludes halogenated alkanes) is 1. The maximum atomic E-state index is 11.9. The molecule has 0 aliphatic carbocycles. The quantitative estimate of drug-likeness (QED) is 0.127. The average Bonchev–Trinajstić information content (AvgIpc) is 3.61. The van der Waals surface area contributed by atoms with Crippen LogP contribution in [0.2, 0.25) is 0 Å². The summed E-state index contributed by atoms with van der Waals surface area (Å²) < 4.78 is 12.5. The number of hydrogen-bond acceptors (Lipinski definition) is 8. The number of nitrogens with one attached hydrogen (secondary N) is 3. The summed E-state index contributed by atoms with van der Waals surface area (Å²) in [7, 11) is 0. The number of nitrogens with zero attached hydrogens (tertiary/aromatic N) is 1. The van der Waals surface area contributed by atoms with Crippen molar-refractivity contribution in [2.24, 2.45) is 0 Å². The molecule has 5 N–H and O–H groups in total. The lowest BCUT2D eigenvalue weighted by molar-refractivity contribution is -0.135. The van der Waals surface area contributed by atoms with Crippen molar-refractivity contribution < 1.29 is 34.1 Å². The van der Waals surface area contributed by atoms with E-state index < -0.39 is 0 Å². The standard InChI is InChI=1S/C22H30N4O7S/c27-16(4-2-1-3-15-19-12(11-34-15)23-22(30)24-19)25-32-10-9-31-8-7-26-20(28)17-13-5-6-14(33-13)18(17)21(26)29/h5-6,12-15,19,28-29H,1-4,7-11H2,(H,25,27)(H2,23,24,30). The highest BCUT2D eigenvalue weighted by atomic mass is 32.2. The first-order chi connectivity index (χ1) is 16.5. The molecule has 34 heavy (non-hydrogen) atoms. The van der Waals surface area contributed by atoms with Crippen molar-refractivity contribution in [2.45, 2.75) is 61.8 Å². The van der Waals surface area contributed by atoms with Crippen molar-refractivity contribution in [3.8, 4) is 11.8 Å². The maximum Gasteiger partial charge on any atom is 0.315 e. The largest absolute Gasteiger partial charge is 0.494 e. The van der Waals surface area contributed by atoms with Gasteiger partial charge in [-0.05, 0) is 12.8 Å². The minimum atomic E-state index is -0.300. The molecule has 0 aromatic carbocycles. The van der Waals surface area contributed by atoms with Crippen molar-refractivity contribution >= 4 is 23.7 Å². The number of ether oxygens (including phenoxy) is 2. The smallest absolute Gasteiger partial charge is 0.315 e. The molecule has 2 bridgehead atoms. The summed E-state index contributed by atoms with van der Waals surface area (Å²) in [5.41, 5.74) is 3.68. The van der Waals surface area contributed by atoms with Gasteiger partial charge in [0.05, 0.1) is 49.6 Å². The monoisotopic (exact) mass is 494 g/mol. The zero-order valence-electron chi connectivity index (χ0n) is 18.7. The number of aromatic hydroxyl groups is 2. The van der Waals surface area contributed by atoms with Crippen LogP contribution in [-0.4, -0.2) is 69.6 Å².